The van der Waals surface area contributed by atoms with Crippen LogP contribution in [0.2, 0.25) is 0 Å². The van der Waals surface area contributed by atoms with Crippen LogP contribution in [0.5, 0.6) is 0 Å². The summed E-state index contributed by atoms with van der Waals surface area (Å²) in [4.78, 5) is 12.6. The highest BCUT2D eigenvalue weighted by Gasteiger charge is 2.13. The fourth-order valence-corrected chi connectivity index (χ4v) is 2.45. The zero-order valence-electron chi connectivity index (χ0n) is 11.6. The highest BCUT2D eigenvalue weighted by molar-refractivity contribution is 7.13. The van der Waals surface area contributed by atoms with Gasteiger partial charge in [0.05, 0.1) is 0 Å². The number of hydrogen-bond acceptors (Lipinski definition) is 4. The Morgan fingerprint density at radius 3 is 2.32 bits per heavy atom. The summed E-state index contributed by atoms with van der Waals surface area (Å²) >= 11 is 1.29. The first kappa shape index (κ1) is 14.2. The SMILES string of the molecule is O=C(Nc1nncs1)C(=Cc1ccccc1)c1ccccc1. The number of hydrogen-bond donors (Lipinski definition) is 1. The molecular formula is C17H13N3OS. The van der Waals surface area contributed by atoms with E-state index in [-0.39, 0.29) is 5.91 Å². The second-order valence-electron chi connectivity index (χ2n) is 4.53. The molecular weight excluding hydrogens is 294 g/mol. The summed E-state index contributed by atoms with van der Waals surface area (Å²) in [5.74, 6) is -0.202. The van der Waals surface area contributed by atoms with Crippen molar-refractivity contribution in [3.63, 3.8) is 0 Å². The molecule has 3 rings (SSSR count). The molecule has 0 unspecified atom stereocenters. The van der Waals surface area contributed by atoms with Crippen LogP contribution in [0.3, 0.4) is 0 Å². The molecule has 0 saturated heterocycles. The molecule has 1 aromatic heterocycles. The van der Waals surface area contributed by atoms with E-state index in [1.54, 1.807) is 5.51 Å². The molecule has 1 N–H and O–H groups in total. The van der Waals surface area contributed by atoms with Crippen molar-refractivity contribution in [3.05, 3.63) is 77.3 Å². The monoisotopic (exact) mass is 307 g/mol. The molecule has 22 heavy (non-hydrogen) atoms. The molecule has 5 heteroatoms. The Kier molecular flexibility index (Phi) is 4.36. The van der Waals surface area contributed by atoms with Crippen LogP contribution in [-0.4, -0.2) is 16.1 Å². The van der Waals surface area contributed by atoms with E-state index in [2.05, 4.69) is 15.5 Å². The molecule has 0 radical (unpaired) electrons. The second kappa shape index (κ2) is 6.78. The van der Waals surface area contributed by atoms with Gasteiger partial charge in [0, 0.05) is 5.57 Å². The van der Waals surface area contributed by atoms with Gasteiger partial charge in [0.2, 0.25) is 5.13 Å². The third-order valence-corrected chi connectivity index (χ3v) is 3.63. The molecule has 0 fully saturated rings. The maximum absolute atomic E-state index is 12.6. The molecule has 0 aliphatic carbocycles. The Morgan fingerprint density at radius 1 is 1.00 bits per heavy atom. The molecule has 0 aliphatic heterocycles. The molecule has 4 nitrogen and oxygen atoms in total. The van der Waals surface area contributed by atoms with Gasteiger partial charge in [-0.1, -0.05) is 72.0 Å². The minimum atomic E-state index is -0.202. The first-order valence-electron chi connectivity index (χ1n) is 6.72. The summed E-state index contributed by atoms with van der Waals surface area (Å²) in [6.45, 7) is 0. The van der Waals surface area contributed by atoms with Crippen molar-refractivity contribution in [2.75, 3.05) is 5.32 Å². The number of aromatic nitrogens is 2. The van der Waals surface area contributed by atoms with Crippen LogP contribution in [-0.2, 0) is 4.79 Å². The third kappa shape index (κ3) is 3.45. The number of nitrogens with zero attached hydrogens (tertiary/aromatic N) is 2. The minimum Gasteiger partial charge on any atom is -0.296 e. The molecule has 1 heterocycles. The number of nitrogens with one attached hydrogen (secondary N) is 1. The lowest BCUT2D eigenvalue weighted by molar-refractivity contribution is -0.111. The largest absolute Gasteiger partial charge is 0.296 e. The summed E-state index contributed by atoms with van der Waals surface area (Å²) in [7, 11) is 0. The van der Waals surface area contributed by atoms with E-state index in [0.717, 1.165) is 11.1 Å². The van der Waals surface area contributed by atoms with E-state index in [1.807, 2.05) is 66.7 Å². The number of carbonyl (C=O) groups excluding carboxylic acids is 1. The van der Waals surface area contributed by atoms with E-state index in [4.69, 9.17) is 0 Å². The Morgan fingerprint density at radius 2 is 1.68 bits per heavy atom. The fourth-order valence-electron chi connectivity index (χ4n) is 2.01. The van der Waals surface area contributed by atoms with Crippen LogP contribution in [0, 0.1) is 0 Å². The van der Waals surface area contributed by atoms with Crippen molar-refractivity contribution in [2.24, 2.45) is 0 Å². The standard InChI is InChI=1S/C17H13N3OS/c21-16(19-17-20-18-12-22-17)15(14-9-5-2-6-10-14)11-13-7-3-1-4-8-13/h1-12H,(H,19,20,21). The van der Waals surface area contributed by atoms with Crippen molar-refractivity contribution < 1.29 is 4.79 Å². The summed E-state index contributed by atoms with van der Waals surface area (Å²) < 4.78 is 0. The van der Waals surface area contributed by atoms with E-state index in [1.165, 1.54) is 11.3 Å². The van der Waals surface area contributed by atoms with Gasteiger partial charge < -0.3 is 0 Å². The summed E-state index contributed by atoms with van der Waals surface area (Å²) in [5.41, 5.74) is 3.99. The summed E-state index contributed by atoms with van der Waals surface area (Å²) in [5, 5.41) is 10.8. The van der Waals surface area contributed by atoms with Crippen molar-refractivity contribution in [3.8, 4) is 0 Å². The minimum absolute atomic E-state index is 0.202. The van der Waals surface area contributed by atoms with Gasteiger partial charge >= 0.3 is 0 Å². The van der Waals surface area contributed by atoms with E-state index >= 15 is 0 Å². The number of anilines is 1. The first-order valence-corrected chi connectivity index (χ1v) is 7.60. The predicted molar refractivity (Wildman–Crippen MR) is 89.3 cm³/mol. The van der Waals surface area contributed by atoms with Crippen LogP contribution >= 0.6 is 11.3 Å². The van der Waals surface area contributed by atoms with Crippen molar-refractivity contribution >= 4 is 34.0 Å². The highest BCUT2D eigenvalue weighted by atomic mass is 32.1. The Balaban J connectivity index is 1.96. The smallest absolute Gasteiger partial charge is 0.258 e. The van der Waals surface area contributed by atoms with E-state index < -0.39 is 0 Å². The van der Waals surface area contributed by atoms with Crippen molar-refractivity contribution in [1.82, 2.24) is 10.2 Å². The lowest BCUT2D eigenvalue weighted by Crippen LogP contribution is -2.13. The molecule has 0 aliphatic rings. The van der Waals surface area contributed by atoms with Gasteiger partial charge in [-0.25, -0.2) is 0 Å². The second-order valence-corrected chi connectivity index (χ2v) is 5.37. The third-order valence-electron chi connectivity index (χ3n) is 3.02. The molecule has 1 amide bonds. The Bertz CT molecular complexity index is 768. The fraction of sp³-hybridized carbons (Fsp3) is 0. The first-order chi connectivity index (χ1) is 10.8. The van der Waals surface area contributed by atoms with Crippen LogP contribution in [0.15, 0.2) is 66.2 Å². The maximum atomic E-state index is 12.6. The van der Waals surface area contributed by atoms with Gasteiger partial charge in [0.15, 0.2) is 0 Å². The molecule has 3 aromatic rings. The predicted octanol–water partition coefficient (Wildman–Crippen LogP) is 3.72. The lowest BCUT2D eigenvalue weighted by atomic mass is 10.0. The van der Waals surface area contributed by atoms with E-state index in [0.29, 0.717) is 10.7 Å². The van der Waals surface area contributed by atoms with Crippen molar-refractivity contribution in [2.45, 2.75) is 0 Å². The topological polar surface area (TPSA) is 54.9 Å². The Hall–Kier alpha value is -2.79. The van der Waals surface area contributed by atoms with Gasteiger partial charge in [-0.15, -0.1) is 10.2 Å². The molecule has 108 valence electrons. The van der Waals surface area contributed by atoms with Gasteiger partial charge in [0.1, 0.15) is 5.51 Å². The van der Waals surface area contributed by atoms with Crippen LogP contribution < -0.4 is 5.32 Å². The van der Waals surface area contributed by atoms with Crippen LogP contribution in [0.4, 0.5) is 5.13 Å². The molecule has 0 bridgehead atoms. The maximum Gasteiger partial charge on any atom is 0.258 e. The zero-order valence-corrected chi connectivity index (χ0v) is 12.5. The molecule has 0 spiro atoms. The van der Waals surface area contributed by atoms with Gasteiger partial charge in [-0.05, 0) is 17.2 Å². The van der Waals surface area contributed by atoms with Gasteiger partial charge in [-0.3, -0.25) is 10.1 Å². The summed E-state index contributed by atoms with van der Waals surface area (Å²) in [6.07, 6.45) is 1.87. The number of benzene rings is 2. The molecule has 2 aromatic carbocycles. The quantitative estimate of drug-likeness (QED) is 0.590. The van der Waals surface area contributed by atoms with Crippen LogP contribution in [0.25, 0.3) is 11.6 Å². The lowest BCUT2D eigenvalue weighted by Gasteiger charge is -2.07. The van der Waals surface area contributed by atoms with Gasteiger partial charge in [-0.2, -0.15) is 0 Å². The van der Waals surface area contributed by atoms with Gasteiger partial charge in [0.25, 0.3) is 5.91 Å². The summed E-state index contributed by atoms with van der Waals surface area (Å²) in [6, 6.07) is 19.3. The number of amides is 1. The molecule has 0 saturated carbocycles. The zero-order chi connectivity index (χ0) is 15.2. The van der Waals surface area contributed by atoms with Crippen LogP contribution in [0.1, 0.15) is 11.1 Å². The average molecular weight is 307 g/mol. The highest BCUT2D eigenvalue weighted by Crippen LogP contribution is 2.21. The Labute approximate surface area is 132 Å². The average Bonchev–Trinajstić information content (AvgIpc) is 3.07. The molecule has 0 atom stereocenters. The van der Waals surface area contributed by atoms with E-state index in [9.17, 15) is 4.79 Å². The number of carbonyl (C=O) groups is 1. The van der Waals surface area contributed by atoms with Crippen molar-refractivity contribution in [1.29, 1.82) is 0 Å². The number of rotatable bonds is 4. The normalized spacial score (nSPS) is 11.2.